The van der Waals surface area contributed by atoms with Gasteiger partial charge in [-0.1, -0.05) is 6.07 Å². The number of ether oxygens (including phenoxy) is 2. The van der Waals surface area contributed by atoms with Gasteiger partial charge in [0.2, 0.25) is 15.9 Å². The molecular weight excluding hydrogens is 346 g/mol. The number of nitrogens with zero attached hydrogens (tertiary/aromatic N) is 1. The van der Waals surface area contributed by atoms with E-state index in [0.29, 0.717) is 18.1 Å². The lowest BCUT2D eigenvalue weighted by atomic mass is 10.1. The molecule has 0 saturated heterocycles. The van der Waals surface area contributed by atoms with Gasteiger partial charge in [-0.25, -0.2) is 18.5 Å². The van der Waals surface area contributed by atoms with E-state index in [1.165, 1.54) is 25.3 Å². The maximum atomic E-state index is 12.5. The molecule has 134 valence electrons. The highest BCUT2D eigenvalue weighted by Gasteiger charge is 2.17. The summed E-state index contributed by atoms with van der Waals surface area (Å²) in [7, 11) is -2.54. The van der Waals surface area contributed by atoms with E-state index in [1.807, 2.05) is 6.92 Å². The van der Waals surface area contributed by atoms with Crippen molar-refractivity contribution in [1.82, 2.24) is 10.3 Å². The maximum absolute atomic E-state index is 12.5. The van der Waals surface area contributed by atoms with Crippen LogP contribution in [0.15, 0.2) is 41.4 Å². The summed E-state index contributed by atoms with van der Waals surface area (Å²) in [5, 5.41) is 7.80. The highest BCUT2D eigenvalue weighted by atomic mass is 32.2. The van der Waals surface area contributed by atoms with Crippen LogP contribution in [0.1, 0.15) is 22.8 Å². The molecule has 25 heavy (non-hydrogen) atoms. The lowest BCUT2D eigenvalue weighted by Gasteiger charge is -2.12. The molecule has 0 aliphatic rings. The summed E-state index contributed by atoms with van der Waals surface area (Å²) in [5.74, 6) is 0.158. The van der Waals surface area contributed by atoms with Crippen molar-refractivity contribution in [3.05, 3.63) is 47.7 Å². The molecule has 9 heteroatoms. The largest absolute Gasteiger partial charge is 0.496 e. The molecule has 0 atom stereocenters. The molecule has 0 saturated carbocycles. The van der Waals surface area contributed by atoms with Crippen LogP contribution in [-0.2, 0) is 16.6 Å². The van der Waals surface area contributed by atoms with E-state index in [1.54, 1.807) is 18.3 Å². The molecule has 0 radical (unpaired) electrons. The Kier molecular flexibility index (Phi) is 5.94. The van der Waals surface area contributed by atoms with Gasteiger partial charge in [0.1, 0.15) is 5.75 Å². The van der Waals surface area contributed by atoms with Crippen molar-refractivity contribution in [2.24, 2.45) is 5.14 Å². The fourth-order valence-corrected chi connectivity index (χ4v) is 2.68. The summed E-state index contributed by atoms with van der Waals surface area (Å²) in [4.78, 5) is 16.4. The van der Waals surface area contributed by atoms with E-state index >= 15 is 0 Å². The number of sulfonamides is 1. The number of nitrogens with one attached hydrogen (secondary N) is 1. The molecule has 0 aliphatic carbocycles. The number of carbonyl (C=O) groups excluding carboxylic acids is 1. The number of primary sulfonamides is 1. The highest BCUT2D eigenvalue weighted by molar-refractivity contribution is 7.89. The quantitative estimate of drug-likeness (QED) is 0.757. The van der Waals surface area contributed by atoms with E-state index in [4.69, 9.17) is 14.6 Å². The van der Waals surface area contributed by atoms with Crippen LogP contribution >= 0.6 is 0 Å². The second-order valence-corrected chi connectivity index (χ2v) is 6.55. The van der Waals surface area contributed by atoms with Crippen molar-refractivity contribution >= 4 is 15.9 Å². The summed E-state index contributed by atoms with van der Waals surface area (Å²) in [6, 6.07) is 7.34. The molecule has 1 heterocycles. The van der Waals surface area contributed by atoms with Crippen molar-refractivity contribution < 1.29 is 22.7 Å². The predicted molar refractivity (Wildman–Crippen MR) is 90.9 cm³/mol. The third-order valence-corrected chi connectivity index (χ3v) is 4.23. The van der Waals surface area contributed by atoms with Crippen LogP contribution in [0.3, 0.4) is 0 Å². The van der Waals surface area contributed by atoms with Gasteiger partial charge in [-0.15, -0.1) is 0 Å². The number of carbonyl (C=O) groups is 1. The van der Waals surface area contributed by atoms with Crippen molar-refractivity contribution in [3.63, 3.8) is 0 Å². The second-order valence-electron chi connectivity index (χ2n) is 4.99. The SMILES string of the molecule is CCOc1ncccc1CNC(=O)c1cc(S(N)(=O)=O)ccc1OC. The van der Waals surface area contributed by atoms with E-state index in [2.05, 4.69) is 10.3 Å². The predicted octanol–water partition coefficient (Wildman–Crippen LogP) is 1.07. The molecule has 2 rings (SSSR count). The van der Waals surface area contributed by atoms with Gasteiger partial charge in [-0.05, 0) is 31.2 Å². The monoisotopic (exact) mass is 365 g/mol. The van der Waals surface area contributed by atoms with Crippen LogP contribution in [0.25, 0.3) is 0 Å². The number of benzene rings is 1. The van der Waals surface area contributed by atoms with Gasteiger partial charge in [0.05, 0.1) is 24.2 Å². The van der Waals surface area contributed by atoms with Crippen molar-refractivity contribution in [1.29, 1.82) is 0 Å². The Balaban J connectivity index is 2.24. The molecule has 2 aromatic rings. The summed E-state index contributed by atoms with van der Waals surface area (Å²) in [6.45, 7) is 2.44. The zero-order valence-electron chi connectivity index (χ0n) is 13.9. The summed E-state index contributed by atoms with van der Waals surface area (Å²) < 4.78 is 33.5. The first-order chi connectivity index (χ1) is 11.9. The number of aromatic nitrogens is 1. The van der Waals surface area contributed by atoms with Crippen molar-refractivity contribution in [2.75, 3.05) is 13.7 Å². The topological polar surface area (TPSA) is 121 Å². The molecule has 0 spiro atoms. The minimum absolute atomic E-state index is 0.0656. The number of hydrogen-bond acceptors (Lipinski definition) is 6. The fraction of sp³-hybridized carbons (Fsp3) is 0.250. The molecule has 1 aromatic carbocycles. The third-order valence-electron chi connectivity index (χ3n) is 3.31. The molecule has 1 amide bonds. The first-order valence-electron chi connectivity index (χ1n) is 7.42. The molecule has 0 fully saturated rings. The molecule has 0 aliphatic heterocycles. The first kappa shape index (κ1) is 18.7. The van der Waals surface area contributed by atoms with Crippen LogP contribution in [0.5, 0.6) is 11.6 Å². The molecule has 3 N–H and O–H groups in total. The summed E-state index contributed by atoms with van der Waals surface area (Å²) >= 11 is 0. The Morgan fingerprint density at radius 1 is 1.32 bits per heavy atom. The number of nitrogens with two attached hydrogens (primary N) is 1. The van der Waals surface area contributed by atoms with Gasteiger partial charge in [-0.2, -0.15) is 0 Å². The van der Waals surface area contributed by atoms with Crippen molar-refractivity contribution in [3.8, 4) is 11.6 Å². The molecular formula is C16H19N3O5S. The van der Waals surface area contributed by atoms with E-state index < -0.39 is 15.9 Å². The summed E-state index contributed by atoms with van der Waals surface area (Å²) in [5.41, 5.74) is 0.759. The Morgan fingerprint density at radius 2 is 2.08 bits per heavy atom. The van der Waals surface area contributed by atoms with Crippen LogP contribution in [0, 0.1) is 0 Å². The molecule has 0 bridgehead atoms. The Labute approximate surface area is 146 Å². The van der Waals surface area contributed by atoms with Crippen LogP contribution in [0.4, 0.5) is 0 Å². The number of amides is 1. The third kappa shape index (κ3) is 4.68. The Hall–Kier alpha value is -2.65. The minimum Gasteiger partial charge on any atom is -0.496 e. The van der Waals surface area contributed by atoms with Gasteiger partial charge >= 0.3 is 0 Å². The number of pyridine rings is 1. The van der Waals surface area contributed by atoms with E-state index in [-0.39, 0.29) is 22.8 Å². The second kappa shape index (κ2) is 7.95. The van der Waals surface area contributed by atoms with Gasteiger partial charge in [0.15, 0.2) is 0 Å². The lowest BCUT2D eigenvalue weighted by molar-refractivity contribution is 0.0947. The maximum Gasteiger partial charge on any atom is 0.255 e. The smallest absolute Gasteiger partial charge is 0.255 e. The minimum atomic E-state index is -3.93. The number of rotatable bonds is 7. The summed E-state index contributed by atoms with van der Waals surface area (Å²) in [6.07, 6.45) is 1.59. The zero-order chi connectivity index (χ0) is 18.4. The Bertz CT molecular complexity index is 868. The fourth-order valence-electron chi connectivity index (χ4n) is 2.14. The van der Waals surface area contributed by atoms with E-state index in [9.17, 15) is 13.2 Å². The van der Waals surface area contributed by atoms with Crippen LogP contribution in [-0.4, -0.2) is 33.0 Å². The average Bonchev–Trinajstić information content (AvgIpc) is 2.59. The number of hydrogen-bond donors (Lipinski definition) is 2. The Morgan fingerprint density at radius 3 is 2.72 bits per heavy atom. The van der Waals surface area contributed by atoms with Gasteiger partial charge < -0.3 is 14.8 Å². The van der Waals surface area contributed by atoms with E-state index in [0.717, 1.165) is 0 Å². The van der Waals surface area contributed by atoms with Gasteiger partial charge in [0, 0.05) is 18.3 Å². The normalized spacial score (nSPS) is 11.0. The standard InChI is InChI=1S/C16H19N3O5S/c1-3-24-16-11(5-4-8-18-16)10-19-15(20)13-9-12(25(17,21)22)6-7-14(13)23-2/h4-9H,3,10H2,1-2H3,(H,19,20)(H2,17,21,22). The van der Waals surface area contributed by atoms with Crippen molar-refractivity contribution in [2.45, 2.75) is 18.4 Å². The van der Waals surface area contributed by atoms with Crippen LogP contribution in [0.2, 0.25) is 0 Å². The van der Waals surface area contributed by atoms with Crippen LogP contribution < -0.4 is 19.9 Å². The average molecular weight is 365 g/mol. The van der Waals surface area contributed by atoms with Gasteiger partial charge in [0.25, 0.3) is 5.91 Å². The zero-order valence-corrected chi connectivity index (χ0v) is 14.7. The molecule has 0 unspecified atom stereocenters. The number of methoxy groups -OCH3 is 1. The first-order valence-corrected chi connectivity index (χ1v) is 8.97. The molecule has 8 nitrogen and oxygen atoms in total. The molecule has 1 aromatic heterocycles. The van der Waals surface area contributed by atoms with Gasteiger partial charge in [-0.3, -0.25) is 4.79 Å². The lowest BCUT2D eigenvalue weighted by Crippen LogP contribution is -2.24. The highest BCUT2D eigenvalue weighted by Crippen LogP contribution is 2.22.